The van der Waals surface area contributed by atoms with E-state index >= 15 is 0 Å². The summed E-state index contributed by atoms with van der Waals surface area (Å²) in [6, 6.07) is 10.3. The number of rotatable bonds is 5. The zero-order valence-electron chi connectivity index (χ0n) is 14.1. The van der Waals surface area contributed by atoms with Crippen LogP contribution in [0, 0.1) is 5.82 Å². The molecule has 0 aliphatic rings. The minimum atomic E-state index is -0.610. The highest BCUT2D eigenvalue weighted by Crippen LogP contribution is 2.27. The second-order valence-electron chi connectivity index (χ2n) is 5.85. The number of halogens is 1. The molecule has 2 aromatic carbocycles. The Morgan fingerprint density at radius 2 is 1.92 bits per heavy atom. The first kappa shape index (κ1) is 17.7. The Balaban J connectivity index is 1.83. The van der Waals surface area contributed by atoms with Crippen LogP contribution in [0.15, 0.2) is 51.7 Å². The lowest BCUT2D eigenvalue weighted by Gasteiger charge is -2.10. The van der Waals surface area contributed by atoms with Crippen LogP contribution < -0.4 is 5.63 Å². The monoisotopic (exact) mass is 356 g/mol. The van der Waals surface area contributed by atoms with E-state index in [0.717, 1.165) is 0 Å². The minimum Gasteiger partial charge on any atom is -0.508 e. The average molecular weight is 356 g/mol. The van der Waals surface area contributed by atoms with Crippen LogP contribution in [0.25, 0.3) is 11.0 Å². The largest absolute Gasteiger partial charge is 0.508 e. The van der Waals surface area contributed by atoms with E-state index in [2.05, 4.69) is 0 Å². The molecule has 0 aliphatic carbocycles. The molecule has 0 atom stereocenters. The van der Waals surface area contributed by atoms with Crippen LogP contribution in [0.4, 0.5) is 4.39 Å². The molecule has 0 spiro atoms. The number of hydrogen-bond donors (Lipinski definition) is 1. The molecule has 0 saturated carbocycles. The Morgan fingerprint density at radius 1 is 1.15 bits per heavy atom. The summed E-state index contributed by atoms with van der Waals surface area (Å²) in [5.74, 6) is -1.04. The van der Waals surface area contributed by atoms with Gasteiger partial charge < -0.3 is 14.3 Å². The molecule has 0 saturated heterocycles. The van der Waals surface area contributed by atoms with Gasteiger partial charge in [-0.3, -0.25) is 4.79 Å². The van der Waals surface area contributed by atoms with Crippen molar-refractivity contribution in [1.29, 1.82) is 0 Å². The number of phenolic OH excluding ortho intramolecular Hbond substituents is 1. The van der Waals surface area contributed by atoms with Crippen LogP contribution in [-0.4, -0.2) is 11.1 Å². The molecule has 1 N–H and O–H groups in total. The number of carbonyl (C=O) groups excluding carboxylic acids is 1. The third kappa shape index (κ3) is 3.74. The lowest BCUT2D eigenvalue weighted by Crippen LogP contribution is -2.10. The van der Waals surface area contributed by atoms with E-state index in [-0.39, 0.29) is 29.9 Å². The van der Waals surface area contributed by atoms with E-state index in [1.54, 1.807) is 18.2 Å². The quantitative estimate of drug-likeness (QED) is 0.559. The lowest BCUT2D eigenvalue weighted by molar-refractivity contribution is -0.144. The number of carbonyl (C=O) groups is 1. The average Bonchev–Trinajstić information content (AvgIpc) is 2.61. The minimum absolute atomic E-state index is 0.0387. The molecule has 1 heterocycles. The van der Waals surface area contributed by atoms with Crippen molar-refractivity contribution in [2.45, 2.75) is 26.4 Å². The van der Waals surface area contributed by atoms with Gasteiger partial charge in [-0.15, -0.1) is 0 Å². The van der Waals surface area contributed by atoms with Crippen LogP contribution >= 0.6 is 0 Å². The number of phenols is 1. The first-order valence-corrected chi connectivity index (χ1v) is 8.15. The molecule has 3 rings (SSSR count). The molecule has 26 heavy (non-hydrogen) atoms. The Hall–Kier alpha value is -3.15. The molecular weight excluding hydrogens is 339 g/mol. The molecule has 3 aromatic rings. The van der Waals surface area contributed by atoms with Crippen LogP contribution in [0.2, 0.25) is 0 Å². The fourth-order valence-corrected chi connectivity index (χ4v) is 2.72. The van der Waals surface area contributed by atoms with E-state index < -0.39 is 17.4 Å². The topological polar surface area (TPSA) is 76.7 Å². The highest BCUT2D eigenvalue weighted by atomic mass is 19.1. The highest BCUT2D eigenvalue weighted by molar-refractivity contribution is 5.83. The smallest absolute Gasteiger partial charge is 0.336 e. The predicted octanol–water partition coefficient (Wildman–Crippen LogP) is 3.49. The van der Waals surface area contributed by atoms with Gasteiger partial charge in [0, 0.05) is 23.1 Å². The first-order valence-electron chi connectivity index (χ1n) is 8.15. The third-order valence-corrected chi connectivity index (χ3v) is 4.09. The molecule has 0 amide bonds. The SMILES string of the molecule is CCc1cc2c(COC(=O)Cc3ccccc3F)cc(=O)oc2cc1O. The normalized spacial score (nSPS) is 10.8. The second-order valence-corrected chi connectivity index (χ2v) is 5.85. The summed E-state index contributed by atoms with van der Waals surface area (Å²) in [6.45, 7) is 1.73. The zero-order valence-corrected chi connectivity index (χ0v) is 14.1. The Labute approximate surface area is 148 Å². The van der Waals surface area contributed by atoms with Gasteiger partial charge in [0.15, 0.2) is 0 Å². The molecule has 5 nitrogen and oxygen atoms in total. The molecule has 6 heteroatoms. The molecule has 1 aromatic heterocycles. The maximum absolute atomic E-state index is 13.6. The summed E-state index contributed by atoms with van der Waals surface area (Å²) in [5.41, 5.74) is 1.000. The van der Waals surface area contributed by atoms with Gasteiger partial charge in [0.05, 0.1) is 6.42 Å². The van der Waals surface area contributed by atoms with Crippen LogP contribution in [0.1, 0.15) is 23.6 Å². The van der Waals surface area contributed by atoms with E-state index in [9.17, 15) is 19.1 Å². The molecule has 0 fully saturated rings. The van der Waals surface area contributed by atoms with Gasteiger partial charge in [-0.25, -0.2) is 9.18 Å². The lowest BCUT2D eigenvalue weighted by atomic mass is 10.0. The van der Waals surface area contributed by atoms with Gasteiger partial charge in [-0.2, -0.15) is 0 Å². The van der Waals surface area contributed by atoms with Crippen molar-refractivity contribution < 1.29 is 23.4 Å². The van der Waals surface area contributed by atoms with Gasteiger partial charge in [0.25, 0.3) is 0 Å². The van der Waals surface area contributed by atoms with E-state index in [1.807, 2.05) is 6.92 Å². The molecular formula is C20H17FO5. The Kier molecular flexibility index (Phi) is 5.02. The zero-order chi connectivity index (χ0) is 18.7. The number of aromatic hydroxyl groups is 1. The van der Waals surface area contributed by atoms with Crippen molar-refractivity contribution >= 4 is 16.9 Å². The predicted molar refractivity (Wildman–Crippen MR) is 93.4 cm³/mol. The van der Waals surface area contributed by atoms with E-state index in [1.165, 1.54) is 24.3 Å². The maximum Gasteiger partial charge on any atom is 0.336 e. The maximum atomic E-state index is 13.6. The second kappa shape index (κ2) is 7.39. The van der Waals surface area contributed by atoms with Crippen molar-refractivity contribution in [3.05, 3.63) is 75.4 Å². The Morgan fingerprint density at radius 3 is 2.65 bits per heavy atom. The van der Waals surface area contributed by atoms with Gasteiger partial charge in [0.1, 0.15) is 23.8 Å². The van der Waals surface area contributed by atoms with Gasteiger partial charge in [-0.05, 0) is 29.7 Å². The van der Waals surface area contributed by atoms with Gasteiger partial charge in [0.2, 0.25) is 0 Å². The molecule has 0 bridgehead atoms. The summed E-state index contributed by atoms with van der Waals surface area (Å²) in [4.78, 5) is 23.7. The fraction of sp³-hybridized carbons (Fsp3) is 0.200. The van der Waals surface area contributed by atoms with Crippen LogP contribution in [0.5, 0.6) is 5.75 Å². The number of fused-ring (bicyclic) bond motifs is 1. The number of hydrogen-bond acceptors (Lipinski definition) is 5. The van der Waals surface area contributed by atoms with E-state index in [4.69, 9.17) is 9.15 Å². The third-order valence-electron chi connectivity index (χ3n) is 4.09. The van der Waals surface area contributed by atoms with Crippen molar-refractivity contribution in [3.8, 4) is 5.75 Å². The highest BCUT2D eigenvalue weighted by Gasteiger charge is 2.13. The summed E-state index contributed by atoms with van der Waals surface area (Å²) >= 11 is 0. The fourth-order valence-electron chi connectivity index (χ4n) is 2.72. The van der Waals surface area contributed by atoms with Gasteiger partial charge in [-0.1, -0.05) is 25.1 Å². The van der Waals surface area contributed by atoms with Gasteiger partial charge >= 0.3 is 11.6 Å². The van der Waals surface area contributed by atoms with Crippen molar-refractivity contribution in [1.82, 2.24) is 0 Å². The molecule has 0 aliphatic heterocycles. The van der Waals surface area contributed by atoms with Crippen molar-refractivity contribution in [3.63, 3.8) is 0 Å². The van der Waals surface area contributed by atoms with Crippen molar-refractivity contribution in [2.24, 2.45) is 0 Å². The van der Waals surface area contributed by atoms with Crippen LogP contribution in [-0.2, 0) is 29.0 Å². The number of benzene rings is 2. The van der Waals surface area contributed by atoms with Crippen molar-refractivity contribution in [2.75, 3.05) is 0 Å². The summed E-state index contributed by atoms with van der Waals surface area (Å²) in [7, 11) is 0. The summed E-state index contributed by atoms with van der Waals surface area (Å²) in [6.07, 6.45) is 0.389. The molecule has 134 valence electrons. The summed E-state index contributed by atoms with van der Waals surface area (Å²) in [5, 5.41) is 10.5. The van der Waals surface area contributed by atoms with Crippen LogP contribution in [0.3, 0.4) is 0 Å². The Bertz CT molecular complexity index is 1020. The van der Waals surface area contributed by atoms with E-state index in [0.29, 0.717) is 22.9 Å². The number of aryl methyl sites for hydroxylation is 1. The summed E-state index contributed by atoms with van der Waals surface area (Å²) < 4.78 is 23.9. The molecule has 0 radical (unpaired) electrons. The molecule has 0 unspecified atom stereocenters. The number of esters is 1. The number of ether oxygens (including phenoxy) is 1. The standard InChI is InChI=1S/C20H17FO5/c1-2-12-7-15-14(9-20(24)26-18(15)10-17(12)22)11-25-19(23)8-13-5-3-4-6-16(13)21/h3-7,9-10,22H,2,8,11H2,1H3. The first-order chi connectivity index (χ1) is 12.5.